The van der Waals surface area contributed by atoms with Crippen LogP contribution < -0.4 is 0 Å². The van der Waals surface area contributed by atoms with Crippen LogP contribution in [0.5, 0.6) is 0 Å². The normalized spacial score (nSPS) is 17.9. The Morgan fingerprint density at radius 1 is 1.33 bits per heavy atom. The van der Waals surface area contributed by atoms with Crippen LogP contribution in [0.25, 0.3) is 0 Å². The number of carbonyl (C=O) groups excluding carboxylic acids is 1. The second-order valence-corrected chi connectivity index (χ2v) is 4.11. The first-order valence-corrected chi connectivity index (χ1v) is 6.41. The highest BCUT2D eigenvalue weighted by atomic mass is 16.5. The molecule has 0 aromatic heterocycles. The summed E-state index contributed by atoms with van der Waals surface area (Å²) < 4.78 is 5.34. The summed E-state index contributed by atoms with van der Waals surface area (Å²) >= 11 is 0. The number of hydrogen-bond acceptors (Lipinski definition) is 2. The first-order chi connectivity index (χ1) is 7.22. The third-order valence-electron chi connectivity index (χ3n) is 2.81. The molecule has 90 valence electrons. The lowest BCUT2D eigenvalue weighted by Crippen LogP contribution is -2.16. The average Bonchev–Trinajstić information content (AvgIpc) is 2.73. The lowest BCUT2D eigenvalue weighted by molar-refractivity contribution is -0.149. The molecule has 1 aliphatic carbocycles. The van der Waals surface area contributed by atoms with Crippen molar-refractivity contribution >= 4 is 5.97 Å². The second kappa shape index (κ2) is 8.75. The van der Waals surface area contributed by atoms with Gasteiger partial charge in [0, 0.05) is 6.42 Å². The molecule has 0 radical (unpaired) electrons. The Morgan fingerprint density at radius 2 is 1.87 bits per heavy atom. The molecule has 1 unspecified atom stereocenters. The van der Waals surface area contributed by atoms with E-state index in [4.69, 9.17) is 4.74 Å². The van der Waals surface area contributed by atoms with E-state index in [0.29, 0.717) is 12.3 Å². The van der Waals surface area contributed by atoms with Gasteiger partial charge in [-0.1, -0.05) is 34.1 Å². The van der Waals surface area contributed by atoms with Crippen molar-refractivity contribution in [2.24, 2.45) is 5.92 Å². The van der Waals surface area contributed by atoms with Crippen LogP contribution in [0, 0.1) is 5.92 Å². The van der Waals surface area contributed by atoms with Crippen LogP contribution in [0.3, 0.4) is 0 Å². The number of ether oxygens (including phenoxy) is 1. The molecule has 15 heavy (non-hydrogen) atoms. The van der Waals surface area contributed by atoms with Crippen LogP contribution >= 0.6 is 0 Å². The maximum atomic E-state index is 11.3. The van der Waals surface area contributed by atoms with Gasteiger partial charge >= 0.3 is 5.97 Å². The van der Waals surface area contributed by atoms with Crippen LogP contribution in [-0.4, -0.2) is 12.1 Å². The highest BCUT2D eigenvalue weighted by Gasteiger charge is 2.19. The van der Waals surface area contributed by atoms with E-state index in [1.807, 2.05) is 13.8 Å². The quantitative estimate of drug-likeness (QED) is 0.663. The molecule has 0 aromatic carbocycles. The zero-order valence-corrected chi connectivity index (χ0v) is 10.7. The van der Waals surface area contributed by atoms with Gasteiger partial charge in [-0.25, -0.2) is 0 Å². The lowest BCUT2D eigenvalue weighted by atomic mass is 10.1. The van der Waals surface area contributed by atoms with Gasteiger partial charge in [0.25, 0.3) is 0 Å². The van der Waals surface area contributed by atoms with Gasteiger partial charge in [0.2, 0.25) is 0 Å². The molecule has 1 aliphatic rings. The summed E-state index contributed by atoms with van der Waals surface area (Å²) in [6.45, 7) is 8.20. The molecule has 0 saturated heterocycles. The van der Waals surface area contributed by atoms with Crippen LogP contribution in [0.4, 0.5) is 0 Å². The van der Waals surface area contributed by atoms with E-state index in [1.54, 1.807) is 0 Å². The fourth-order valence-corrected chi connectivity index (χ4v) is 1.67. The average molecular weight is 214 g/mol. The van der Waals surface area contributed by atoms with E-state index in [2.05, 4.69) is 13.8 Å². The highest BCUT2D eigenvalue weighted by Crippen LogP contribution is 2.22. The fourth-order valence-electron chi connectivity index (χ4n) is 1.67. The van der Waals surface area contributed by atoms with Gasteiger partial charge in [0.05, 0.1) is 0 Å². The van der Waals surface area contributed by atoms with Gasteiger partial charge in [0.1, 0.15) is 6.10 Å². The van der Waals surface area contributed by atoms with E-state index in [-0.39, 0.29) is 12.1 Å². The molecule has 0 spiro atoms. The zero-order valence-electron chi connectivity index (χ0n) is 10.7. The molecule has 2 nitrogen and oxygen atoms in total. The van der Waals surface area contributed by atoms with E-state index in [9.17, 15) is 4.79 Å². The van der Waals surface area contributed by atoms with E-state index >= 15 is 0 Å². The third-order valence-corrected chi connectivity index (χ3v) is 2.81. The summed E-state index contributed by atoms with van der Waals surface area (Å²) in [4.78, 5) is 11.3. The summed E-state index contributed by atoms with van der Waals surface area (Å²) in [5, 5.41) is 0. The van der Waals surface area contributed by atoms with Crippen molar-refractivity contribution in [1.29, 1.82) is 0 Å². The summed E-state index contributed by atoms with van der Waals surface area (Å²) in [5.41, 5.74) is 0. The standard InChI is InChI=1S/C11H20O2.C2H6/c1-3-9(2)8-11(12)13-10-6-4-5-7-10;1-2/h9-10H,3-8H2,1-2H3;1-2H3. The van der Waals surface area contributed by atoms with Gasteiger partial charge in [-0.2, -0.15) is 0 Å². The Bertz CT molecular complexity index is 160. The Morgan fingerprint density at radius 3 is 2.33 bits per heavy atom. The number of rotatable bonds is 4. The number of esters is 1. The molecule has 0 heterocycles. The summed E-state index contributed by atoms with van der Waals surface area (Å²) in [6.07, 6.45) is 6.48. The van der Waals surface area contributed by atoms with Gasteiger partial charge < -0.3 is 4.74 Å². The predicted octanol–water partition coefficient (Wildman–Crippen LogP) is 3.93. The summed E-state index contributed by atoms with van der Waals surface area (Å²) in [7, 11) is 0. The van der Waals surface area contributed by atoms with E-state index in [0.717, 1.165) is 19.3 Å². The zero-order chi connectivity index (χ0) is 11.7. The minimum absolute atomic E-state index is 0.00116. The summed E-state index contributed by atoms with van der Waals surface area (Å²) in [5.74, 6) is 0.468. The third kappa shape index (κ3) is 6.53. The molecule has 0 N–H and O–H groups in total. The number of carbonyl (C=O) groups is 1. The van der Waals surface area contributed by atoms with Crippen molar-refractivity contribution in [1.82, 2.24) is 0 Å². The van der Waals surface area contributed by atoms with Crippen molar-refractivity contribution in [2.45, 2.75) is 72.3 Å². The molecule has 1 atom stereocenters. The molecule has 0 amide bonds. The molecule has 0 bridgehead atoms. The topological polar surface area (TPSA) is 26.3 Å². The van der Waals surface area contributed by atoms with Crippen molar-refractivity contribution < 1.29 is 9.53 Å². The summed E-state index contributed by atoms with van der Waals surface area (Å²) in [6, 6.07) is 0. The minimum Gasteiger partial charge on any atom is -0.462 e. The van der Waals surface area contributed by atoms with Crippen LogP contribution in [0.1, 0.15) is 66.2 Å². The first-order valence-electron chi connectivity index (χ1n) is 6.41. The van der Waals surface area contributed by atoms with Crippen molar-refractivity contribution in [3.8, 4) is 0 Å². The van der Waals surface area contributed by atoms with Crippen molar-refractivity contribution in [3.63, 3.8) is 0 Å². The smallest absolute Gasteiger partial charge is 0.306 e. The monoisotopic (exact) mass is 214 g/mol. The minimum atomic E-state index is 0.00116. The SMILES string of the molecule is CC.CCC(C)CC(=O)OC1CCCC1. The fraction of sp³-hybridized carbons (Fsp3) is 0.923. The molecule has 1 fully saturated rings. The Kier molecular flexibility index (Phi) is 8.44. The van der Waals surface area contributed by atoms with E-state index in [1.165, 1.54) is 12.8 Å². The highest BCUT2D eigenvalue weighted by molar-refractivity contribution is 5.69. The molecule has 0 aliphatic heterocycles. The Balaban J connectivity index is 0.000000921. The van der Waals surface area contributed by atoms with E-state index < -0.39 is 0 Å². The van der Waals surface area contributed by atoms with Gasteiger partial charge in [-0.3, -0.25) is 4.79 Å². The Labute approximate surface area is 94.4 Å². The van der Waals surface area contributed by atoms with Crippen LogP contribution in [-0.2, 0) is 9.53 Å². The molecule has 1 rings (SSSR count). The molecule has 2 heteroatoms. The first kappa shape index (κ1) is 14.5. The van der Waals surface area contributed by atoms with Gasteiger partial charge in [0.15, 0.2) is 0 Å². The van der Waals surface area contributed by atoms with Crippen LogP contribution in [0.2, 0.25) is 0 Å². The predicted molar refractivity (Wildman–Crippen MR) is 63.8 cm³/mol. The van der Waals surface area contributed by atoms with Crippen molar-refractivity contribution in [2.75, 3.05) is 0 Å². The molecular formula is C13H26O2. The molecule has 1 saturated carbocycles. The van der Waals surface area contributed by atoms with Crippen molar-refractivity contribution in [3.05, 3.63) is 0 Å². The van der Waals surface area contributed by atoms with Crippen LogP contribution in [0.15, 0.2) is 0 Å². The molecule has 0 aromatic rings. The maximum Gasteiger partial charge on any atom is 0.306 e. The Hall–Kier alpha value is -0.530. The second-order valence-electron chi connectivity index (χ2n) is 4.11. The maximum absolute atomic E-state index is 11.3. The number of hydrogen-bond donors (Lipinski definition) is 0. The largest absolute Gasteiger partial charge is 0.462 e. The molecular weight excluding hydrogens is 188 g/mol. The van der Waals surface area contributed by atoms with Gasteiger partial charge in [-0.05, 0) is 31.6 Å². The lowest BCUT2D eigenvalue weighted by Gasteiger charge is -2.13. The van der Waals surface area contributed by atoms with Gasteiger partial charge in [-0.15, -0.1) is 0 Å².